The Morgan fingerprint density at radius 3 is 2.19 bits per heavy atom. The fourth-order valence-corrected chi connectivity index (χ4v) is 3.07. The van der Waals surface area contributed by atoms with Crippen LogP contribution in [-0.2, 0) is 4.79 Å². The van der Waals surface area contributed by atoms with Gasteiger partial charge < -0.3 is 21.1 Å². The Morgan fingerprint density at radius 2 is 1.69 bits per heavy atom. The molecule has 7 heteroatoms. The van der Waals surface area contributed by atoms with Crippen molar-refractivity contribution in [3.63, 3.8) is 0 Å². The van der Waals surface area contributed by atoms with Crippen LogP contribution in [0.2, 0.25) is 0 Å². The molecule has 0 aliphatic heterocycles. The van der Waals surface area contributed by atoms with E-state index in [1.54, 1.807) is 24.3 Å². The SMILES string of the molecule is CC1CCC(NC(=O)c2ccc(NC(=O)NC(C)C)cc2)(C(=O)O)CC1. The fourth-order valence-electron chi connectivity index (χ4n) is 3.07. The number of carbonyl (C=O) groups is 3. The summed E-state index contributed by atoms with van der Waals surface area (Å²) in [6.45, 7) is 5.81. The maximum Gasteiger partial charge on any atom is 0.329 e. The number of amides is 3. The number of hydrogen-bond donors (Lipinski definition) is 4. The first-order valence-corrected chi connectivity index (χ1v) is 8.95. The number of anilines is 1. The van der Waals surface area contributed by atoms with Gasteiger partial charge in [0.05, 0.1) is 0 Å². The predicted molar refractivity (Wildman–Crippen MR) is 99.2 cm³/mol. The van der Waals surface area contributed by atoms with Crippen molar-refractivity contribution in [2.75, 3.05) is 5.32 Å². The first-order valence-electron chi connectivity index (χ1n) is 8.95. The molecule has 0 unspecified atom stereocenters. The van der Waals surface area contributed by atoms with Crippen molar-refractivity contribution in [3.8, 4) is 0 Å². The third-order valence-electron chi connectivity index (χ3n) is 4.71. The van der Waals surface area contributed by atoms with Gasteiger partial charge in [0.25, 0.3) is 5.91 Å². The van der Waals surface area contributed by atoms with Crippen molar-refractivity contribution in [2.24, 2.45) is 5.92 Å². The van der Waals surface area contributed by atoms with Crippen LogP contribution >= 0.6 is 0 Å². The third-order valence-corrected chi connectivity index (χ3v) is 4.71. The minimum atomic E-state index is -1.20. The van der Waals surface area contributed by atoms with Crippen LogP contribution in [0.5, 0.6) is 0 Å². The highest BCUT2D eigenvalue weighted by molar-refractivity contribution is 5.98. The van der Waals surface area contributed by atoms with E-state index in [9.17, 15) is 19.5 Å². The van der Waals surface area contributed by atoms with E-state index < -0.39 is 17.4 Å². The Labute approximate surface area is 153 Å². The van der Waals surface area contributed by atoms with Gasteiger partial charge in [0, 0.05) is 17.3 Å². The van der Waals surface area contributed by atoms with Crippen LogP contribution in [0.15, 0.2) is 24.3 Å². The average Bonchev–Trinajstić information content (AvgIpc) is 2.56. The summed E-state index contributed by atoms with van der Waals surface area (Å²) in [4.78, 5) is 35.9. The second kappa shape index (κ2) is 8.21. The van der Waals surface area contributed by atoms with Crippen LogP contribution in [0, 0.1) is 5.92 Å². The third kappa shape index (κ3) is 4.97. The number of carboxylic acids is 1. The van der Waals surface area contributed by atoms with Crippen molar-refractivity contribution in [3.05, 3.63) is 29.8 Å². The minimum Gasteiger partial charge on any atom is -0.480 e. The van der Waals surface area contributed by atoms with E-state index in [0.29, 0.717) is 30.0 Å². The van der Waals surface area contributed by atoms with Crippen LogP contribution in [0.3, 0.4) is 0 Å². The first kappa shape index (κ1) is 19.8. The molecule has 1 aromatic carbocycles. The molecule has 0 radical (unpaired) electrons. The smallest absolute Gasteiger partial charge is 0.329 e. The summed E-state index contributed by atoms with van der Waals surface area (Å²) in [6, 6.07) is 6.07. The number of carbonyl (C=O) groups excluding carboxylic acids is 2. The van der Waals surface area contributed by atoms with E-state index in [1.165, 1.54) is 0 Å². The lowest BCUT2D eigenvalue weighted by Crippen LogP contribution is -2.56. The van der Waals surface area contributed by atoms with Crippen LogP contribution in [0.1, 0.15) is 56.8 Å². The summed E-state index contributed by atoms with van der Waals surface area (Å²) in [5.41, 5.74) is -0.282. The number of urea groups is 1. The molecule has 1 saturated carbocycles. The highest BCUT2D eigenvalue weighted by atomic mass is 16.4. The van der Waals surface area contributed by atoms with Crippen LogP contribution < -0.4 is 16.0 Å². The summed E-state index contributed by atoms with van der Waals surface area (Å²) in [5.74, 6) is -0.928. The number of benzene rings is 1. The molecule has 26 heavy (non-hydrogen) atoms. The maximum atomic E-state index is 12.5. The lowest BCUT2D eigenvalue weighted by Gasteiger charge is -2.36. The zero-order valence-electron chi connectivity index (χ0n) is 15.5. The standard InChI is InChI=1S/C19H27N3O4/c1-12(2)20-18(26)21-15-6-4-14(5-7-15)16(23)22-19(17(24)25)10-8-13(3)9-11-19/h4-7,12-13H,8-11H2,1-3H3,(H,22,23)(H,24,25)(H2,20,21,26). The highest BCUT2D eigenvalue weighted by Crippen LogP contribution is 2.32. The molecule has 0 aromatic heterocycles. The predicted octanol–water partition coefficient (Wildman–Crippen LogP) is 2.98. The molecule has 1 aliphatic rings. The molecule has 3 amide bonds. The van der Waals surface area contributed by atoms with Crippen molar-refractivity contribution in [2.45, 2.75) is 58.0 Å². The molecule has 0 spiro atoms. The molecule has 1 fully saturated rings. The second-order valence-electron chi connectivity index (χ2n) is 7.35. The minimum absolute atomic E-state index is 0.0190. The molecule has 0 atom stereocenters. The topological polar surface area (TPSA) is 108 Å². The van der Waals surface area contributed by atoms with Crippen molar-refractivity contribution < 1.29 is 19.5 Å². The Bertz CT molecular complexity index is 662. The maximum absolute atomic E-state index is 12.5. The van der Waals surface area contributed by atoms with E-state index in [-0.39, 0.29) is 12.1 Å². The van der Waals surface area contributed by atoms with Gasteiger partial charge >= 0.3 is 12.0 Å². The monoisotopic (exact) mass is 361 g/mol. The summed E-state index contributed by atoms with van der Waals surface area (Å²) in [5, 5.41) is 17.7. The van der Waals surface area contributed by atoms with Gasteiger partial charge in [0.2, 0.25) is 0 Å². The quantitative estimate of drug-likeness (QED) is 0.646. The normalized spacial score (nSPS) is 22.5. The van der Waals surface area contributed by atoms with Gasteiger partial charge in [0.1, 0.15) is 5.54 Å². The Balaban J connectivity index is 2.02. The number of hydrogen-bond acceptors (Lipinski definition) is 3. The molecule has 0 bridgehead atoms. The first-order chi connectivity index (χ1) is 12.2. The number of nitrogens with one attached hydrogen (secondary N) is 3. The largest absolute Gasteiger partial charge is 0.480 e. The lowest BCUT2D eigenvalue weighted by atomic mass is 9.77. The number of carboxylic acid groups (broad SMARTS) is 1. The number of aliphatic carboxylic acids is 1. The molecule has 7 nitrogen and oxygen atoms in total. The van der Waals surface area contributed by atoms with E-state index >= 15 is 0 Å². The molecule has 142 valence electrons. The Kier molecular flexibility index (Phi) is 6.23. The summed E-state index contributed by atoms with van der Waals surface area (Å²) >= 11 is 0. The van der Waals surface area contributed by atoms with Gasteiger partial charge in [0.15, 0.2) is 0 Å². The van der Waals surface area contributed by atoms with Gasteiger partial charge in [-0.1, -0.05) is 6.92 Å². The average molecular weight is 361 g/mol. The van der Waals surface area contributed by atoms with Gasteiger partial charge in [-0.3, -0.25) is 4.79 Å². The van der Waals surface area contributed by atoms with Crippen molar-refractivity contribution >= 4 is 23.6 Å². The summed E-state index contributed by atoms with van der Waals surface area (Å²) in [7, 11) is 0. The summed E-state index contributed by atoms with van der Waals surface area (Å²) < 4.78 is 0. The lowest BCUT2D eigenvalue weighted by molar-refractivity contribution is -0.146. The Hall–Kier alpha value is -2.57. The molecule has 1 aliphatic carbocycles. The van der Waals surface area contributed by atoms with E-state index in [2.05, 4.69) is 22.9 Å². The van der Waals surface area contributed by atoms with Crippen LogP contribution in [0.4, 0.5) is 10.5 Å². The zero-order chi connectivity index (χ0) is 19.3. The van der Waals surface area contributed by atoms with Crippen LogP contribution in [0.25, 0.3) is 0 Å². The van der Waals surface area contributed by atoms with Gasteiger partial charge in [-0.15, -0.1) is 0 Å². The fraction of sp³-hybridized carbons (Fsp3) is 0.526. The number of rotatable bonds is 5. The molecular formula is C19H27N3O4. The highest BCUT2D eigenvalue weighted by Gasteiger charge is 2.42. The molecule has 1 aromatic rings. The van der Waals surface area contributed by atoms with Crippen molar-refractivity contribution in [1.82, 2.24) is 10.6 Å². The molecule has 0 saturated heterocycles. The molecule has 2 rings (SSSR count). The van der Waals surface area contributed by atoms with Crippen molar-refractivity contribution in [1.29, 1.82) is 0 Å². The van der Waals surface area contributed by atoms with E-state index in [0.717, 1.165) is 12.8 Å². The van der Waals surface area contributed by atoms with Gasteiger partial charge in [-0.25, -0.2) is 9.59 Å². The molecular weight excluding hydrogens is 334 g/mol. The zero-order valence-corrected chi connectivity index (χ0v) is 15.5. The van der Waals surface area contributed by atoms with Crippen LogP contribution in [-0.4, -0.2) is 34.6 Å². The van der Waals surface area contributed by atoms with Gasteiger partial charge in [-0.05, 0) is 69.7 Å². The van der Waals surface area contributed by atoms with E-state index in [4.69, 9.17) is 0 Å². The molecule has 4 N–H and O–H groups in total. The second-order valence-corrected chi connectivity index (χ2v) is 7.35. The van der Waals surface area contributed by atoms with E-state index in [1.807, 2.05) is 13.8 Å². The molecule has 0 heterocycles. The Morgan fingerprint density at radius 1 is 1.12 bits per heavy atom. The van der Waals surface area contributed by atoms with Gasteiger partial charge in [-0.2, -0.15) is 0 Å². The summed E-state index contributed by atoms with van der Waals surface area (Å²) in [6.07, 6.45) is 2.43.